The number of fused-ring (bicyclic) bond motifs is 1. The van der Waals surface area contributed by atoms with E-state index < -0.39 is 31.1 Å². The van der Waals surface area contributed by atoms with E-state index in [0.717, 1.165) is 10.5 Å². The van der Waals surface area contributed by atoms with Crippen LogP contribution < -0.4 is 4.90 Å². The Morgan fingerprint density at radius 3 is 2.38 bits per heavy atom. The summed E-state index contributed by atoms with van der Waals surface area (Å²) < 4.78 is 38.5. The van der Waals surface area contributed by atoms with Gasteiger partial charge in [-0.15, -0.1) is 0 Å². The van der Waals surface area contributed by atoms with Gasteiger partial charge in [-0.3, -0.25) is 14.4 Å². The highest BCUT2D eigenvalue weighted by molar-refractivity contribution is 5.99. The molecular weight excluding hydrogens is 351 g/mol. The molecule has 0 aromatic heterocycles. The summed E-state index contributed by atoms with van der Waals surface area (Å²) in [5.41, 5.74) is 1.43. The largest absolute Gasteiger partial charge is 0.406 e. The topological polar surface area (TPSA) is 60.9 Å². The van der Waals surface area contributed by atoms with Gasteiger partial charge in [-0.2, -0.15) is 13.2 Å². The van der Waals surface area contributed by atoms with E-state index in [1.807, 2.05) is 0 Å². The van der Waals surface area contributed by atoms with Crippen LogP contribution >= 0.6 is 0 Å². The molecule has 1 aliphatic rings. The first-order valence-electron chi connectivity index (χ1n) is 7.97. The maximum Gasteiger partial charge on any atom is 0.406 e. The molecule has 0 atom stereocenters. The highest BCUT2D eigenvalue weighted by Gasteiger charge is 2.35. The lowest BCUT2D eigenvalue weighted by Gasteiger charge is -2.25. The second-order valence-electron chi connectivity index (χ2n) is 6.33. The third kappa shape index (κ3) is 4.53. The van der Waals surface area contributed by atoms with Gasteiger partial charge in [-0.1, -0.05) is 0 Å². The van der Waals surface area contributed by atoms with Crippen molar-refractivity contribution < 1.29 is 27.6 Å². The van der Waals surface area contributed by atoms with Gasteiger partial charge in [0.05, 0.1) is 0 Å². The van der Waals surface area contributed by atoms with Crippen molar-refractivity contribution in [2.24, 2.45) is 0 Å². The monoisotopic (exact) mass is 371 g/mol. The average molecular weight is 371 g/mol. The summed E-state index contributed by atoms with van der Waals surface area (Å²) in [6.45, 7) is -0.288. The fraction of sp³-hybridized carbons (Fsp3) is 0.471. The SMILES string of the molecule is CC(=O)N1CCc2cc(C(=O)N(CC(=O)N(C)C)CC(F)(F)F)ccc21. The molecule has 1 aliphatic heterocycles. The zero-order valence-corrected chi connectivity index (χ0v) is 14.8. The van der Waals surface area contributed by atoms with Crippen molar-refractivity contribution in [1.29, 1.82) is 0 Å². The van der Waals surface area contributed by atoms with Crippen LogP contribution in [-0.2, 0) is 16.0 Å². The Labute approximate surface area is 149 Å². The summed E-state index contributed by atoms with van der Waals surface area (Å²) in [6.07, 6.45) is -4.10. The third-order valence-corrected chi connectivity index (χ3v) is 4.08. The van der Waals surface area contributed by atoms with Crippen molar-refractivity contribution in [3.63, 3.8) is 0 Å². The van der Waals surface area contributed by atoms with Crippen molar-refractivity contribution in [1.82, 2.24) is 9.80 Å². The predicted molar refractivity (Wildman–Crippen MR) is 88.8 cm³/mol. The molecule has 142 valence electrons. The molecule has 0 spiro atoms. The van der Waals surface area contributed by atoms with Crippen molar-refractivity contribution >= 4 is 23.4 Å². The number of rotatable bonds is 4. The summed E-state index contributed by atoms with van der Waals surface area (Å²) in [5.74, 6) is -1.62. The van der Waals surface area contributed by atoms with Gasteiger partial charge in [0.15, 0.2) is 0 Å². The summed E-state index contributed by atoms with van der Waals surface area (Å²) in [4.78, 5) is 39.1. The van der Waals surface area contributed by atoms with Gasteiger partial charge < -0.3 is 14.7 Å². The van der Waals surface area contributed by atoms with E-state index in [-0.39, 0.29) is 11.5 Å². The minimum atomic E-state index is -4.62. The van der Waals surface area contributed by atoms with Crippen molar-refractivity contribution in [2.75, 3.05) is 38.6 Å². The Balaban J connectivity index is 2.28. The first-order chi connectivity index (χ1) is 12.0. The lowest BCUT2D eigenvalue weighted by Crippen LogP contribution is -2.44. The molecular formula is C17H20F3N3O3. The lowest BCUT2D eigenvalue weighted by atomic mass is 10.1. The Kier molecular flexibility index (Phi) is 5.58. The molecule has 0 bridgehead atoms. The zero-order chi connectivity index (χ0) is 19.6. The van der Waals surface area contributed by atoms with Gasteiger partial charge in [-0.05, 0) is 30.2 Å². The van der Waals surface area contributed by atoms with E-state index in [1.54, 1.807) is 11.0 Å². The van der Waals surface area contributed by atoms with Crippen LogP contribution in [0.15, 0.2) is 18.2 Å². The summed E-state index contributed by atoms with van der Waals surface area (Å²) in [5, 5.41) is 0. The number of carbonyl (C=O) groups is 3. The normalized spacial score (nSPS) is 13.4. The number of anilines is 1. The quantitative estimate of drug-likeness (QED) is 0.809. The van der Waals surface area contributed by atoms with E-state index in [4.69, 9.17) is 0 Å². The van der Waals surface area contributed by atoms with Crippen LogP contribution in [0, 0.1) is 0 Å². The second kappa shape index (κ2) is 7.35. The van der Waals surface area contributed by atoms with E-state index in [2.05, 4.69) is 0 Å². The van der Waals surface area contributed by atoms with Crippen LogP contribution in [0.4, 0.5) is 18.9 Å². The molecule has 2 rings (SSSR count). The number of halogens is 3. The molecule has 0 N–H and O–H groups in total. The van der Waals surface area contributed by atoms with E-state index >= 15 is 0 Å². The number of amides is 3. The highest BCUT2D eigenvalue weighted by atomic mass is 19.4. The Morgan fingerprint density at radius 2 is 1.85 bits per heavy atom. The first kappa shape index (κ1) is 19.7. The van der Waals surface area contributed by atoms with E-state index in [1.165, 1.54) is 33.2 Å². The summed E-state index contributed by atoms with van der Waals surface area (Å²) >= 11 is 0. The number of likely N-dealkylation sites (N-methyl/N-ethyl adjacent to an activating group) is 1. The minimum Gasteiger partial charge on any atom is -0.347 e. The van der Waals surface area contributed by atoms with Crippen molar-refractivity contribution in [2.45, 2.75) is 19.5 Å². The molecule has 3 amide bonds. The third-order valence-electron chi connectivity index (χ3n) is 4.08. The fourth-order valence-corrected chi connectivity index (χ4v) is 2.77. The Bertz CT molecular complexity index is 732. The molecule has 0 saturated carbocycles. The smallest absolute Gasteiger partial charge is 0.347 e. The Hall–Kier alpha value is -2.58. The number of hydrogen-bond donors (Lipinski definition) is 0. The molecule has 0 radical (unpaired) electrons. The van der Waals surface area contributed by atoms with Gasteiger partial charge in [-0.25, -0.2) is 0 Å². The number of carbonyl (C=O) groups excluding carboxylic acids is 3. The molecule has 26 heavy (non-hydrogen) atoms. The molecule has 0 aliphatic carbocycles. The van der Waals surface area contributed by atoms with Crippen LogP contribution in [0.1, 0.15) is 22.8 Å². The standard InChI is InChI=1S/C17H20F3N3O3/c1-11(24)23-7-6-12-8-13(4-5-14(12)23)16(26)22(10-17(18,19)20)9-15(25)21(2)3/h4-5,8H,6-7,9-10H2,1-3H3. The number of nitrogens with zero attached hydrogens (tertiary/aromatic N) is 3. The molecule has 0 saturated heterocycles. The van der Waals surface area contributed by atoms with Crippen LogP contribution in [0.2, 0.25) is 0 Å². The van der Waals surface area contributed by atoms with Crippen LogP contribution in [-0.4, -0.2) is 67.4 Å². The maximum absolute atomic E-state index is 12.8. The second-order valence-corrected chi connectivity index (χ2v) is 6.33. The molecule has 1 aromatic rings. The van der Waals surface area contributed by atoms with Crippen LogP contribution in [0.25, 0.3) is 0 Å². The first-order valence-corrected chi connectivity index (χ1v) is 7.97. The van der Waals surface area contributed by atoms with Gasteiger partial charge in [0.2, 0.25) is 11.8 Å². The molecule has 9 heteroatoms. The molecule has 0 fully saturated rings. The predicted octanol–water partition coefficient (Wildman–Crippen LogP) is 1.69. The average Bonchev–Trinajstić information content (AvgIpc) is 2.95. The van der Waals surface area contributed by atoms with Crippen LogP contribution in [0.5, 0.6) is 0 Å². The molecule has 1 aromatic carbocycles. The van der Waals surface area contributed by atoms with Crippen molar-refractivity contribution in [3.8, 4) is 0 Å². The molecule has 0 unspecified atom stereocenters. The highest BCUT2D eigenvalue weighted by Crippen LogP contribution is 2.29. The Morgan fingerprint density at radius 1 is 1.19 bits per heavy atom. The van der Waals surface area contributed by atoms with Gasteiger partial charge in [0.25, 0.3) is 5.91 Å². The van der Waals surface area contributed by atoms with Gasteiger partial charge in [0, 0.05) is 38.8 Å². The van der Waals surface area contributed by atoms with Crippen LogP contribution in [0.3, 0.4) is 0 Å². The van der Waals surface area contributed by atoms with Gasteiger partial charge in [0.1, 0.15) is 13.1 Å². The lowest BCUT2D eigenvalue weighted by molar-refractivity contribution is -0.146. The fourth-order valence-electron chi connectivity index (χ4n) is 2.77. The van der Waals surface area contributed by atoms with E-state index in [0.29, 0.717) is 23.6 Å². The molecule has 1 heterocycles. The number of hydrogen-bond acceptors (Lipinski definition) is 3. The van der Waals surface area contributed by atoms with Gasteiger partial charge >= 0.3 is 6.18 Å². The maximum atomic E-state index is 12.8. The summed E-state index contributed by atoms with van der Waals surface area (Å²) in [6, 6.07) is 4.42. The minimum absolute atomic E-state index is 0.0601. The van der Waals surface area contributed by atoms with Crippen molar-refractivity contribution in [3.05, 3.63) is 29.3 Å². The number of alkyl halides is 3. The zero-order valence-electron chi connectivity index (χ0n) is 14.8. The summed E-state index contributed by atoms with van der Waals surface area (Å²) in [7, 11) is 2.81. The van der Waals surface area contributed by atoms with E-state index in [9.17, 15) is 27.6 Å². The number of benzene rings is 1. The molecule has 6 nitrogen and oxygen atoms in total.